The predicted molar refractivity (Wildman–Crippen MR) is 70.5 cm³/mol. The lowest BCUT2D eigenvalue weighted by Gasteiger charge is -2.01. The van der Waals surface area contributed by atoms with Gasteiger partial charge in [0.25, 0.3) is 0 Å². The summed E-state index contributed by atoms with van der Waals surface area (Å²) in [6.07, 6.45) is 7.22. The Kier molecular flexibility index (Phi) is 8.62. The Labute approximate surface area is 108 Å². The molecule has 0 aromatic heterocycles. The van der Waals surface area contributed by atoms with Gasteiger partial charge in [0.2, 0.25) is 0 Å². The summed E-state index contributed by atoms with van der Waals surface area (Å²) in [5, 5.41) is 18.0. The molecule has 0 fully saturated rings. The standard InChI is InChI=1S/C14H22O4/c1-3-5-7-11(13(15)16)9-10-12(14(17)18)8-6-4-2/h9-10H,3-8H2,1-2H3,(H,15,16)(H,17,18)/b11-9-,12-10-. The Morgan fingerprint density at radius 1 is 0.833 bits per heavy atom. The van der Waals surface area contributed by atoms with Crippen molar-refractivity contribution in [3.05, 3.63) is 23.3 Å². The molecule has 2 N–H and O–H groups in total. The van der Waals surface area contributed by atoms with Crippen molar-refractivity contribution in [1.82, 2.24) is 0 Å². The van der Waals surface area contributed by atoms with E-state index in [4.69, 9.17) is 10.2 Å². The van der Waals surface area contributed by atoms with Crippen LogP contribution in [-0.2, 0) is 9.59 Å². The van der Waals surface area contributed by atoms with E-state index < -0.39 is 11.9 Å². The van der Waals surface area contributed by atoms with Gasteiger partial charge in [-0.2, -0.15) is 0 Å². The van der Waals surface area contributed by atoms with E-state index in [0.717, 1.165) is 25.7 Å². The van der Waals surface area contributed by atoms with Gasteiger partial charge in [-0.15, -0.1) is 0 Å². The monoisotopic (exact) mass is 254 g/mol. The third-order valence-electron chi connectivity index (χ3n) is 2.63. The van der Waals surface area contributed by atoms with Crippen LogP contribution in [0.1, 0.15) is 52.4 Å². The number of rotatable bonds is 9. The van der Waals surface area contributed by atoms with Gasteiger partial charge in [0, 0.05) is 11.1 Å². The van der Waals surface area contributed by atoms with E-state index in [1.807, 2.05) is 13.8 Å². The molecule has 0 radical (unpaired) electrons. The van der Waals surface area contributed by atoms with Crippen LogP contribution < -0.4 is 0 Å². The van der Waals surface area contributed by atoms with Gasteiger partial charge in [0.15, 0.2) is 0 Å². The molecule has 0 atom stereocenters. The highest BCUT2D eigenvalue weighted by molar-refractivity contribution is 5.89. The lowest BCUT2D eigenvalue weighted by molar-refractivity contribution is -0.133. The van der Waals surface area contributed by atoms with E-state index in [1.165, 1.54) is 12.2 Å². The highest BCUT2D eigenvalue weighted by Crippen LogP contribution is 2.12. The second-order valence-electron chi connectivity index (χ2n) is 4.20. The summed E-state index contributed by atoms with van der Waals surface area (Å²) in [4.78, 5) is 21.9. The molecular formula is C14H22O4. The summed E-state index contributed by atoms with van der Waals surface area (Å²) >= 11 is 0. The fourth-order valence-corrected chi connectivity index (χ4v) is 1.46. The molecule has 4 nitrogen and oxygen atoms in total. The van der Waals surface area contributed by atoms with Gasteiger partial charge in [-0.3, -0.25) is 0 Å². The van der Waals surface area contributed by atoms with E-state index >= 15 is 0 Å². The van der Waals surface area contributed by atoms with Gasteiger partial charge >= 0.3 is 11.9 Å². The van der Waals surface area contributed by atoms with Crippen molar-refractivity contribution >= 4 is 11.9 Å². The Hall–Kier alpha value is -1.58. The molecule has 0 bridgehead atoms. The summed E-state index contributed by atoms with van der Waals surface area (Å²) in [5.41, 5.74) is 0.541. The molecule has 0 unspecified atom stereocenters. The molecule has 0 heterocycles. The normalized spacial score (nSPS) is 12.6. The SMILES string of the molecule is CCCC/C(=C/C=C(/CCCC)C(=O)O)C(=O)O. The average molecular weight is 254 g/mol. The smallest absolute Gasteiger partial charge is 0.331 e. The molecule has 0 spiro atoms. The van der Waals surface area contributed by atoms with Gasteiger partial charge in [0.05, 0.1) is 0 Å². The Bertz CT molecular complexity index is 306. The van der Waals surface area contributed by atoms with Gasteiger partial charge in [0.1, 0.15) is 0 Å². The number of hydrogen-bond donors (Lipinski definition) is 2. The van der Waals surface area contributed by atoms with E-state index in [1.54, 1.807) is 0 Å². The second-order valence-corrected chi connectivity index (χ2v) is 4.20. The number of unbranched alkanes of at least 4 members (excludes halogenated alkanes) is 2. The molecule has 0 amide bonds. The number of allylic oxidation sites excluding steroid dienone is 2. The minimum absolute atomic E-state index is 0.270. The topological polar surface area (TPSA) is 74.6 Å². The molecule has 0 aliphatic rings. The lowest BCUT2D eigenvalue weighted by Crippen LogP contribution is -2.02. The average Bonchev–Trinajstić information content (AvgIpc) is 2.31. The largest absolute Gasteiger partial charge is 0.478 e. The Balaban J connectivity index is 4.82. The van der Waals surface area contributed by atoms with E-state index in [0.29, 0.717) is 12.8 Å². The lowest BCUT2D eigenvalue weighted by atomic mass is 10.1. The highest BCUT2D eigenvalue weighted by Gasteiger charge is 2.08. The van der Waals surface area contributed by atoms with Crippen LogP contribution in [0.4, 0.5) is 0 Å². The maximum Gasteiger partial charge on any atom is 0.331 e. The third-order valence-corrected chi connectivity index (χ3v) is 2.63. The molecule has 0 aliphatic carbocycles. The summed E-state index contributed by atoms with van der Waals surface area (Å²) in [6, 6.07) is 0. The molecule has 0 rings (SSSR count). The molecule has 0 saturated heterocycles. The van der Waals surface area contributed by atoms with Gasteiger partial charge in [-0.1, -0.05) is 38.8 Å². The van der Waals surface area contributed by atoms with Gasteiger partial charge < -0.3 is 10.2 Å². The number of aliphatic carboxylic acids is 2. The third kappa shape index (κ3) is 6.89. The predicted octanol–water partition coefficient (Wildman–Crippen LogP) is 3.39. The molecule has 0 aromatic carbocycles. The Morgan fingerprint density at radius 2 is 1.17 bits per heavy atom. The van der Waals surface area contributed by atoms with Crippen molar-refractivity contribution in [3.8, 4) is 0 Å². The molecular weight excluding hydrogens is 232 g/mol. The van der Waals surface area contributed by atoms with Crippen molar-refractivity contribution in [1.29, 1.82) is 0 Å². The first-order valence-corrected chi connectivity index (χ1v) is 6.39. The van der Waals surface area contributed by atoms with Crippen molar-refractivity contribution in [2.75, 3.05) is 0 Å². The molecule has 18 heavy (non-hydrogen) atoms. The van der Waals surface area contributed by atoms with E-state index in [9.17, 15) is 9.59 Å². The first kappa shape index (κ1) is 16.4. The first-order chi connectivity index (χ1) is 8.52. The van der Waals surface area contributed by atoms with Crippen molar-refractivity contribution < 1.29 is 19.8 Å². The van der Waals surface area contributed by atoms with Crippen LogP contribution in [0.2, 0.25) is 0 Å². The zero-order valence-corrected chi connectivity index (χ0v) is 11.1. The van der Waals surface area contributed by atoms with E-state index in [-0.39, 0.29) is 11.1 Å². The summed E-state index contributed by atoms with van der Waals surface area (Å²) in [6.45, 7) is 3.97. The first-order valence-electron chi connectivity index (χ1n) is 6.39. The Morgan fingerprint density at radius 3 is 1.39 bits per heavy atom. The zero-order valence-electron chi connectivity index (χ0n) is 11.1. The van der Waals surface area contributed by atoms with Crippen LogP contribution in [0.5, 0.6) is 0 Å². The van der Waals surface area contributed by atoms with Crippen LogP contribution in [0.15, 0.2) is 23.3 Å². The maximum absolute atomic E-state index is 11.0. The van der Waals surface area contributed by atoms with Crippen molar-refractivity contribution in [2.24, 2.45) is 0 Å². The quantitative estimate of drug-likeness (QED) is 0.488. The molecule has 0 aromatic rings. The number of carboxylic acid groups (broad SMARTS) is 2. The molecule has 4 heteroatoms. The number of carbonyl (C=O) groups is 2. The summed E-state index contributed by atoms with van der Waals surface area (Å²) in [7, 11) is 0. The van der Waals surface area contributed by atoms with Crippen LogP contribution in [0.3, 0.4) is 0 Å². The number of carboxylic acids is 2. The highest BCUT2D eigenvalue weighted by atomic mass is 16.4. The van der Waals surface area contributed by atoms with Crippen LogP contribution in [-0.4, -0.2) is 22.2 Å². The molecule has 102 valence electrons. The molecule has 0 aliphatic heterocycles. The minimum atomic E-state index is -0.972. The minimum Gasteiger partial charge on any atom is -0.478 e. The summed E-state index contributed by atoms with van der Waals surface area (Å²) < 4.78 is 0. The summed E-state index contributed by atoms with van der Waals surface area (Å²) in [5.74, 6) is -1.94. The molecule has 0 saturated carbocycles. The maximum atomic E-state index is 11.0. The fraction of sp³-hybridized carbons (Fsp3) is 0.571. The fourth-order valence-electron chi connectivity index (χ4n) is 1.46. The van der Waals surface area contributed by atoms with Gasteiger partial charge in [-0.25, -0.2) is 9.59 Å². The number of hydrogen-bond acceptors (Lipinski definition) is 2. The van der Waals surface area contributed by atoms with E-state index in [2.05, 4.69) is 0 Å². The van der Waals surface area contributed by atoms with Crippen molar-refractivity contribution in [3.63, 3.8) is 0 Å². The van der Waals surface area contributed by atoms with Crippen LogP contribution in [0, 0.1) is 0 Å². The second kappa shape index (κ2) is 9.45. The van der Waals surface area contributed by atoms with Crippen LogP contribution in [0.25, 0.3) is 0 Å². The zero-order chi connectivity index (χ0) is 14.0. The van der Waals surface area contributed by atoms with Crippen molar-refractivity contribution in [2.45, 2.75) is 52.4 Å². The van der Waals surface area contributed by atoms with Crippen LogP contribution >= 0.6 is 0 Å². The van der Waals surface area contributed by atoms with Gasteiger partial charge in [-0.05, 0) is 25.7 Å².